The van der Waals surface area contributed by atoms with E-state index in [-0.39, 0.29) is 6.04 Å². The molecule has 3 aromatic rings. The van der Waals surface area contributed by atoms with Gasteiger partial charge >= 0.3 is 0 Å². The van der Waals surface area contributed by atoms with Crippen molar-refractivity contribution >= 4 is 23.2 Å². The van der Waals surface area contributed by atoms with Crippen molar-refractivity contribution in [2.24, 2.45) is 0 Å². The predicted molar refractivity (Wildman–Crippen MR) is 104 cm³/mol. The van der Waals surface area contributed by atoms with E-state index in [1.54, 1.807) is 6.33 Å². The molecule has 25 heavy (non-hydrogen) atoms. The predicted octanol–water partition coefficient (Wildman–Crippen LogP) is 5.42. The van der Waals surface area contributed by atoms with Crippen molar-refractivity contribution in [2.45, 2.75) is 25.3 Å². The Labute approximate surface area is 158 Å². The zero-order valence-corrected chi connectivity index (χ0v) is 15.4. The van der Waals surface area contributed by atoms with Crippen LogP contribution in [0.25, 0.3) is 0 Å². The van der Waals surface area contributed by atoms with E-state index >= 15 is 0 Å². The van der Waals surface area contributed by atoms with Gasteiger partial charge in [-0.2, -0.15) is 0 Å². The van der Waals surface area contributed by atoms with E-state index in [4.69, 9.17) is 23.2 Å². The number of rotatable bonds is 8. The second-order valence-electron chi connectivity index (χ2n) is 6.02. The fraction of sp³-hybridized carbons (Fsp3) is 0.250. The highest BCUT2D eigenvalue weighted by molar-refractivity contribution is 6.30. The molecule has 1 aromatic heterocycles. The van der Waals surface area contributed by atoms with Crippen LogP contribution in [0.4, 0.5) is 0 Å². The molecular formula is C20H21Cl2N3. The first-order chi connectivity index (χ1) is 12.2. The minimum Gasteiger partial charge on any atom is -0.348 e. The summed E-state index contributed by atoms with van der Waals surface area (Å²) in [7, 11) is 0. The van der Waals surface area contributed by atoms with E-state index in [1.807, 2.05) is 30.5 Å². The lowest BCUT2D eigenvalue weighted by Gasteiger charge is -2.20. The molecule has 0 saturated heterocycles. The molecule has 0 aliphatic carbocycles. The van der Waals surface area contributed by atoms with Gasteiger partial charge in [-0.15, -0.1) is 0 Å². The number of imidazole rings is 1. The van der Waals surface area contributed by atoms with Crippen LogP contribution in [-0.4, -0.2) is 16.5 Å². The maximum absolute atomic E-state index is 6.03. The Morgan fingerprint density at radius 1 is 0.880 bits per heavy atom. The number of H-pyrrole nitrogens is 1. The molecule has 0 saturated carbocycles. The standard InChI is InChI=1S/C20H21Cl2N3/c21-17-8-4-15(5-9-17)20(16-6-10-18(22)11-7-16)24-12-2-1-3-19-13-23-14-25-19/h4-11,13-14,20,24H,1-3,12H2,(H,23,25). The number of benzene rings is 2. The van der Waals surface area contributed by atoms with Gasteiger partial charge in [-0.3, -0.25) is 0 Å². The lowest BCUT2D eigenvalue weighted by Crippen LogP contribution is -2.23. The van der Waals surface area contributed by atoms with Gasteiger partial charge in [-0.05, 0) is 61.2 Å². The van der Waals surface area contributed by atoms with E-state index in [1.165, 1.54) is 16.8 Å². The van der Waals surface area contributed by atoms with Crippen LogP contribution in [0.3, 0.4) is 0 Å². The summed E-state index contributed by atoms with van der Waals surface area (Å²) in [6, 6.07) is 16.1. The summed E-state index contributed by atoms with van der Waals surface area (Å²) in [4.78, 5) is 7.19. The number of aromatic nitrogens is 2. The topological polar surface area (TPSA) is 40.7 Å². The Kier molecular flexibility index (Phi) is 6.51. The molecule has 130 valence electrons. The lowest BCUT2D eigenvalue weighted by molar-refractivity contribution is 0.567. The normalized spacial score (nSPS) is 11.2. The van der Waals surface area contributed by atoms with Gasteiger partial charge in [0.05, 0.1) is 12.4 Å². The Hall–Kier alpha value is -1.81. The van der Waals surface area contributed by atoms with Crippen molar-refractivity contribution in [3.8, 4) is 0 Å². The summed E-state index contributed by atoms with van der Waals surface area (Å²) in [6.07, 6.45) is 6.84. The molecule has 0 fully saturated rings. The smallest absolute Gasteiger partial charge is 0.0921 e. The molecule has 0 radical (unpaired) electrons. The van der Waals surface area contributed by atoms with E-state index in [9.17, 15) is 0 Å². The summed E-state index contributed by atoms with van der Waals surface area (Å²) in [5, 5.41) is 5.16. The monoisotopic (exact) mass is 373 g/mol. The van der Waals surface area contributed by atoms with Crippen LogP contribution >= 0.6 is 23.2 Å². The molecule has 0 unspecified atom stereocenters. The summed E-state index contributed by atoms with van der Waals surface area (Å²) >= 11 is 12.1. The zero-order chi connectivity index (χ0) is 17.5. The summed E-state index contributed by atoms with van der Waals surface area (Å²) < 4.78 is 0. The third-order valence-electron chi connectivity index (χ3n) is 4.18. The number of aromatic amines is 1. The highest BCUT2D eigenvalue weighted by Crippen LogP contribution is 2.25. The molecule has 5 heteroatoms. The molecule has 3 nitrogen and oxygen atoms in total. The molecule has 3 rings (SSSR count). The van der Waals surface area contributed by atoms with Crippen molar-refractivity contribution in [1.29, 1.82) is 0 Å². The summed E-state index contributed by atoms with van der Waals surface area (Å²) in [6.45, 7) is 0.935. The molecule has 0 spiro atoms. The van der Waals surface area contributed by atoms with Crippen molar-refractivity contribution in [3.63, 3.8) is 0 Å². The van der Waals surface area contributed by atoms with Crippen LogP contribution in [-0.2, 0) is 6.42 Å². The number of hydrogen-bond acceptors (Lipinski definition) is 2. The highest BCUT2D eigenvalue weighted by atomic mass is 35.5. The minimum atomic E-state index is 0.127. The number of aryl methyl sites for hydroxylation is 1. The molecular weight excluding hydrogens is 353 g/mol. The number of nitrogens with zero attached hydrogens (tertiary/aromatic N) is 1. The molecule has 0 aliphatic rings. The molecule has 2 N–H and O–H groups in total. The third kappa shape index (κ3) is 5.33. The van der Waals surface area contributed by atoms with E-state index in [0.29, 0.717) is 0 Å². The van der Waals surface area contributed by atoms with E-state index < -0.39 is 0 Å². The number of hydrogen-bond donors (Lipinski definition) is 2. The number of unbranched alkanes of at least 4 members (excludes halogenated alkanes) is 1. The Bertz CT molecular complexity index is 707. The molecule has 1 heterocycles. The van der Waals surface area contributed by atoms with E-state index in [2.05, 4.69) is 39.6 Å². The molecule has 0 amide bonds. The average Bonchev–Trinajstić information content (AvgIpc) is 3.14. The van der Waals surface area contributed by atoms with Crippen molar-refractivity contribution in [2.75, 3.05) is 6.54 Å². The van der Waals surface area contributed by atoms with E-state index in [0.717, 1.165) is 35.9 Å². The lowest BCUT2D eigenvalue weighted by atomic mass is 9.98. The highest BCUT2D eigenvalue weighted by Gasteiger charge is 2.13. The third-order valence-corrected chi connectivity index (χ3v) is 4.69. The first kappa shape index (κ1) is 18.0. The largest absolute Gasteiger partial charge is 0.348 e. The maximum atomic E-state index is 6.03. The Morgan fingerprint density at radius 2 is 1.48 bits per heavy atom. The van der Waals surface area contributed by atoms with Gasteiger partial charge in [-0.1, -0.05) is 47.5 Å². The van der Waals surface area contributed by atoms with Gasteiger partial charge in [0.1, 0.15) is 0 Å². The molecule has 0 aliphatic heterocycles. The minimum absolute atomic E-state index is 0.127. The SMILES string of the molecule is Clc1ccc(C(NCCCCc2cnc[nH]2)c2ccc(Cl)cc2)cc1. The van der Waals surface area contributed by atoms with Crippen LogP contribution in [0, 0.1) is 0 Å². The van der Waals surface area contributed by atoms with Gasteiger partial charge in [-0.25, -0.2) is 4.98 Å². The van der Waals surface area contributed by atoms with Crippen molar-refractivity contribution in [1.82, 2.24) is 15.3 Å². The number of nitrogens with one attached hydrogen (secondary N) is 2. The van der Waals surface area contributed by atoms with Crippen LogP contribution < -0.4 is 5.32 Å². The van der Waals surface area contributed by atoms with Gasteiger partial charge < -0.3 is 10.3 Å². The molecule has 0 atom stereocenters. The molecule has 2 aromatic carbocycles. The molecule has 0 bridgehead atoms. The Balaban J connectivity index is 1.62. The second-order valence-corrected chi connectivity index (χ2v) is 6.90. The summed E-state index contributed by atoms with van der Waals surface area (Å²) in [5.74, 6) is 0. The first-order valence-corrected chi connectivity index (χ1v) is 9.19. The fourth-order valence-corrected chi connectivity index (χ4v) is 3.10. The Morgan fingerprint density at radius 3 is 2.00 bits per heavy atom. The maximum Gasteiger partial charge on any atom is 0.0921 e. The summed E-state index contributed by atoms with van der Waals surface area (Å²) in [5.41, 5.74) is 3.58. The van der Waals surface area contributed by atoms with Crippen molar-refractivity contribution in [3.05, 3.63) is 87.9 Å². The first-order valence-electron chi connectivity index (χ1n) is 8.44. The van der Waals surface area contributed by atoms with Crippen LogP contribution in [0.1, 0.15) is 35.7 Å². The van der Waals surface area contributed by atoms with Crippen LogP contribution in [0.15, 0.2) is 61.1 Å². The number of halogens is 2. The van der Waals surface area contributed by atoms with Crippen molar-refractivity contribution < 1.29 is 0 Å². The van der Waals surface area contributed by atoms with Crippen LogP contribution in [0.2, 0.25) is 10.0 Å². The van der Waals surface area contributed by atoms with Crippen LogP contribution in [0.5, 0.6) is 0 Å². The second kappa shape index (κ2) is 9.04. The van der Waals surface area contributed by atoms with Gasteiger partial charge in [0, 0.05) is 21.9 Å². The average molecular weight is 374 g/mol. The zero-order valence-electron chi connectivity index (χ0n) is 13.9. The quantitative estimate of drug-likeness (QED) is 0.517. The van der Waals surface area contributed by atoms with Gasteiger partial charge in [0.2, 0.25) is 0 Å². The fourth-order valence-electron chi connectivity index (χ4n) is 2.85. The van der Waals surface area contributed by atoms with Gasteiger partial charge in [0.15, 0.2) is 0 Å². The van der Waals surface area contributed by atoms with Gasteiger partial charge in [0.25, 0.3) is 0 Å².